The summed E-state index contributed by atoms with van der Waals surface area (Å²) < 4.78 is 5.58. The number of ether oxygens (including phenoxy) is 1. The van der Waals surface area contributed by atoms with Crippen molar-refractivity contribution >= 4 is 5.69 Å². The van der Waals surface area contributed by atoms with Crippen molar-refractivity contribution in [3.05, 3.63) is 29.8 Å². The van der Waals surface area contributed by atoms with Gasteiger partial charge < -0.3 is 10.5 Å². The molecular formula is C13H20N2O. The van der Waals surface area contributed by atoms with E-state index in [1.54, 1.807) is 0 Å². The standard InChI is InChI=1S/C13H20N2O/c1-10-13(6-7-16-10)15(2)9-11-4-3-5-12(14)8-11/h3-5,8,10,13H,6-7,9,14H2,1-2H3. The van der Waals surface area contributed by atoms with Gasteiger partial charge in [0, 0.05) is 24.9 Å². The third kappa shape index (κ3) is 2.54. The van der Waals surface area contributed by atoms with E-state index < -0.39 is 0 Å². The highest BCUT2D eigenvalue weighted by atomic mass is 16.5. The molecule has 88 valence electrons. The fraction of sp³-hybridized carbons (Fsp3) is 0.538. The average Bonchev–Trinajstić information content (AvgIpc) is 2.64. The van der Waals surface area contributed by atoms with E-state index in [4.69, 9.17) is 10.5 Å². The van der Waals surface area contributed by atoms with E-state index in [1.165, 1.54) is 5.56 Å². The molecule has 1 aromatic rings. The molecule has 0 spiro atoms. The van der Waals surface area contributed by atoms with Crippen LogP contribution in [0.1, 0.15) is 18.9 Å². The molecule has 0 saturated carbocycles. The van der Waals surface area contributed by atoms with Gasteiger partial charge in [0.15, 0.2) is 0 Å². The summed E-state index contributed by atoms with van der Waals surface area (Å²) in [6.07, 6.45) is 1.46. The quantitative estimate of drug-likeness (QED) is 0.790. The van der Waals surface area contributed by atoms with Crippen molar-refractivity contribution in [2.45, 2.75) is 32.0 Å². The Morgan fingerprint density at radius 2 is 2.31 bits per heavy atom. The third-order valence-electron chi connectivity index (χ3n) is 3.29. The van der Waals surface area contributed by atoms with Crippen LogP contribution in [0, 0.1) is 0 Å². The first-order valence-electron chi connectivity index (χ1n) is 5.83. The van der Waals surface area contributed by atoms with E-state index in [0.29, 0.717) is 12.1 Å². The molecule has 0 bridgehead atoms. The van der Waals surface area contributed by atoms with Crippen molar-refractivity contribution in [1.82, 2.24) is 4.90 Å². The highest BCUT2D eigenvalue weighted by Crippen LogP contribution is 2.20. The van der Waals surface area contributed by atoms with Crippen molar-refractivity contribution in [2.75, 3.05) is 19.4 Å². The Morgan fingerprint density at radius 1 is 1.50 bits per heavy atom. The van der Waals surface area contributed by atoms with Crippen molar-refractivity contribution < 1.29 is 4.74 Å². The van der Waals surface area contributed by atoms with Crippen molar-refractivity contribution in [1.29, 1.82) is 0 Å². The van der Waals surface area contributed by atoms with Gasteiger partial charge in [0.25, 0.3) is 0 Å². The number of nitrogen functional groups attached to an aromatic ring is 1. The SMILES string of the molecule is CC1OCCC1N(C)Cc1cccc(N)c1. The van der Waals surface area contributed by atoms with Crippen LogP contribution in [0.25, 0.3) is 0 Å². The number of rotatable bonds is 3. The molecule has 1 aliphatic rings. The van der Waals surface area contributed by atoms with Gasteiger partial charge in [-0.05, 0) is 38.1 Å². The number of nitrogens with two attached hydrogens (primary N) is 1. The molecule has 1 fully saturated rings. The van der Waals surface area contributed by atoms with Crippen LogP contribution >= 0.6 is 0 Å². The van der Waals surface area contributed by atoms with Crippen LogP contribution in [0.5, 0.6) is 0 Å². The zero-order chi connectivity index (χ0) is 11.5. The van der Waals surface area contributed by atoms with Crippen molar-refractivity contribution in [3.63, 3.8) is 0 Å². The maximum absolute atomic E-state index is 5.77. The molecule has 0 radical (unpaired) electrons. The van der Waals surface area contributed by atoms with E-state index in [1.807, 2.05) is 18.2 Å². The van der Waals surface area contributed by atoms with Crippen LogP contribution in [0.4, 0.5) is 5.69 Å². The van der Waals surface area contributed by atoms with Gasteiger partial charge in [-0.25, -0.2) is 0 Å². The monoisotopic (exact) mass is 220 g/mol. The zero-order valence-corrected chi connectivity index (χ0v) is 10.0. The Hall–Kier alpha value is -1.06. The first-order valence-corrected chi connectivity index (χ1v) is 5.83. The van der Waals surface area contributed by atoms with Crippen LogP contribution in [-0.4, -0.2) is 30.7 Å². The van der Waals surface area contributed by atoms with E-state index in [2.05, 4.69) is 24.9 Å². The summed E-state index contributed by atoms with van der Waals surface area (Å²) in [6, 6.07) is 8.61. The molecule has 2 N–H and O–H groups in total. The average molecular weight is 220 g/mol. The summed E-state index contributed by atoms with van der Waals surface area (Å²) in [5, 5.41) is 0. The molecule has 1 aliphatic heterocycles. The highest BCUT2D eigenvalue weighted by molar-refractivity contribution is 5.40. The number of anilines is 1. The Kier molecular flexibility index (Phi) is 3.46. The van der Waals surface area contributed by atoms with Gasteiger partial charge >= 0.3 is 0 Å². The summed E-state index contributed by atoms with van der Waals surface area (Å²) in [4.78, 5) is 2.35. The molecule has 0 amide bonds. The molecular weight excluding hydrogens is 200 g/mol. The first-order chi connectivity index (χ1) is 7.66. The summed E-state index contributed by atoms with van der Waals surface area (Å²) in [6.45, 7) is 3.96. The second-order valence-electron chi connectivity index (χ2n) is 4.59. The first kappa shape index (κ1) is 11.4. The largest absolute Gasteiger partial charge is 0.399 e. The minimum absolute atomic E-state index is 0.339. The molecule has 2 unspecified atom stereocenters. The van der Waals surface area contributed by atoms with Crippen molar-refractivity contribution in [2.24, 2.45) is 0 Å². The number of hydrogen-bond acceptors (Lipinski definition) is 3. The molecule has 2 rings (SSSR count). The van der Waals surface area contributed by atoms with Gasteiger partial charge in [-0.2, -0.15) is 0 Å². The van der Waals surface area contributed by atoms with Crippen molar-refractivity contribution in [3.8, 4) is 0 Å². The summed E-state index contributed by atoms with van der Waals surface area (Å²) in [5.41, 5.74) is 7.87. The van der Waals surface area contributed by atoms with Gasteiger partial charge in [-0.3, -0.25) is 4.90 Å². The Balaban J connectivity index is 1.99. The van der Waals surface area contributed by atoms with E-state index in [9.17, 15) is 0 Å². The molecule has 1 aromatic carbocycles. The molecule has 3 nitrogen and oxygen atoms in total. The lowest BCUT2D eigenvalue weighted by atomic mass is 10.1. The van der Waals surface area contributed by atoms with Crippen LogP contribution < -0.4 is 5.73 Å². The van der Waals surface area contributed by atoms with Crippen LogP contribution in [0.3, 0.4) is 0 Å². The highest BCUT2D eigenvalue weighted by Gasteiger charge is 2.27. The lowest BCUT2D eigenvalue weighted by molar-refractivity contribution is 0.0814. The third-order valence-corrected chi connectivity index (χ3v) is 3.29. The molecule has 1 saturated heterocycles. The molecule has 2 atom stereocenters. The molecule has 0 aliphatic carbocycles. The number of likely N-dealkylation sites (N-methyl/N-ethyl adjacent to an activating group) is 1. The van der Waals surface area contributed by atoms with Gasteiger partial charge in [0.1, 0.15) is 0 Å². The van der Waals surface area contributed by atoms with Crippen LogP contribution in [-0.2, 0) is 11.3 Å². The van der Waals surface area contributed by atoms with Crippen LogP contribution in [0.15, 0.2) is 24.3 Å². The maximum atomic E-state index is 5.77. The molecule has 1 heterocycles. The van der Waals surface area contributed by atoms with E-state index >= 15 is 0 Å². The molecule has 16 heavy (non-hydrogen) atoms. The van der Waals surface area contributed by atoms with Gasteiger partial charge in [0.05, 0.1) is 6.10 Å². The topological polar surface area (TPSA) is 38.5 Å². The smallest absolute Gasteiger partial charge is 0.0703 e. The number of nitrogens with zero attached hydrogens (tertiary/aromatic N) is 1. The minimum Gasteiger partial charge on any atom is -0.399 e. The Bertz CT molecular complexity index is 354. The lowest BCUT2D eigenvalue weighted by Gasteiger charge is -2.26. The maximum Gasteiger partial charge on any atom is 0.0703 e. The lowest BCUT2D eigenvalue weighted by Crippen LogP contribution is -2.36. The second kappa shape index (κ2) is 4.85. The van der Waals surface area contributed by atoms with Gasteiger partial charge in [0.2, 0.25) is 0 Å². The van der Waals surface area contributed by atoms with Crippen LogP contribution in [0.2, 0.25) is 0 Å². The Morgan fingerprint density at radius 3 is 2.94 bits per heavy atom. The minimum atomic E-state index is 0.339. The predicted molar refractivity (Wildman–Crippen MR) is 66.1 cm³/mol. The summed E-state index contributed by atoms with van der Waals surface area (Å²) in [7, 11) is 2.15. The number of hydrogen-bond donors (Lipinski definition) is 1. The Labute approximate surface area is 97.2 Å². The molecule has 3 heteroatoms. The predicted octanol–water partition coefficient (Wildman–Crippen LogP) is 1.88. The molecule has 0 aromatic heterocycles. The zero-order valence-electron chi connectivity index (χ0n) is 10.0. The fourth-order valence-corrected chi connectivity index (χ4v) is 2.40. The van der Waals surface area contributed by atoms with E-state index in [-0.39, 0.29) is 0 Å². The second-order valence-corrected chi connectivity index (χ2v) is 4.59. The van der Waals surface area contributed by atoms with E-state index in [0.717, 1.165) is 25.3 Å². The number of benzene rings is 1. The van der Waals surface area contributed by atoms with Gasteiger partial charge in [-0.15, -0.1) is 0 Å². The fourth-order valence-electron chi connectivity index (χ4n) is 2.40. The summed E-state index contributed by atoms with van der Waals surface area (Å²) in [5.74, 6) is 0. The summed E-state index contributed by atoms with van der Waals surface area (Å²) >= 11 is 0. The normalized spacial score (nSPS) is 25.2. The van der Waals surface area contributed by atoms with Gasteiger partial charge in [-0.1, -0.05) is 12.1 Å².